The minimum Gasteiger partial charge on any atom is -0.256 e. The van der Waals surface area contributed by atoms with Crippen molar-refractivity contribution < 1.29 is 0 Å². The van der Waals surface area contributed by atoms with E-state index < -0.39 is 0 Å². The van der Waals surface area contributed by atoms with Crippen molar-refractivity contribution >= 4 is 85.5 Å². The molecule has 0 amide bonds. The quantitative estimate of drug-likeness (QED) is 0.164. The third-order valence-corrected chi connectivity index (χ3v) is 13.1. The highest BCUT2D eigenvalue weighted by Gasteiger charge is 2.23. The van der Waals surface area contributed by atoms with Crippen molar-refractivity contribution in [3.05, 3.63) is 200 Å². The molecule has 0 aliphatic heterocycles. The van der Waals surface area contributed by atoms with Gasteiger partial charge in [0.15, 0.2) is 0 Å². The molecular weight excluding hydrogens is 707 g/mol. The minimum absolute atomic E-state index is 1.01. The van der Waals surface area contributed by atoms with Crippen LogP contribution in [0, 0.1) is 0 Å². The van der Waals surface area contributed by atoms with Gasteiger partial charge in [-0.05, 0) is 100 Å². The molecule has 264 valence electrons. The van der Waals surface area contributed by atoms with Crippen LogP contribution in [0.5, 0.6) is 0 Å². The van der Waals surface area contributed by atoms with E-state index in [1.54, 1.807) is 0 Å². The second-order valence-corrected chi connectivity index (χ2v) is 16.0. The van der Waals surface area contributed by atoms with Crippen molar-refractivity contribution in [2.24, 2.45) is 0 Å². The molecule has 0 saturated heterocycles. The van der Waals surface area contributed by atoms with Crippen LogP contribution in [0.3, 0.4) is 0 Å². The Morgan fingerprint density at radius 2 is 0.825 bits per heavy atom. The lowest BCUT2D eigenvalue weighted by Gasteiger charge is -2.19. The lowest BCUT2D eigenvalue weighted by Crippen LogP contribution is -1.92. The first-order valence-electron chi connectivity index (χ1n) is 19.5. The van der Waals surface area contributed by atoms with Gasteiger partial charge in [-0.1, -0.05) is 176 Å². The third-order valence-electron chi connectivity index (χ3n) is 11.9. The summed E-state index contributed by atoms with van der Waals surface area (Å²) < 4.78 is 2.61. The highest BCUT2D eigenvalue weighted by molar-refractivity contribution is 7.26. The van der Waals surface area contributed by atoms with Crippen LogP contribution in [0.25, 0.3) is 119 Å². The molecule has 0 fully saturated rings. The van der Waals surface area contributed by atoms with E-state index in [1.807, 2.05) is 23.6 Å². The molecule has 0 spiro atoms. The molecule has 0 bridgehead atoms. The van der Waals surface area contributed by atoms with Crippen LogP contribution in [-0.4, -0.2) is 4.98 Å². The first-order valence-corrected chi connectivity index (χ1v) is 20.4. The molecule has 10 aromatic carbocycles. The molecule has 12 rings (SSSR count). The summed E-state index contributed by atoms with van der Waals surface area (Å²) in [6.07, 6.45) is 1.88. The molecule has 12 aromatic rings. The van der Waals surface area contributed by atoms with E-state index in [-0.39, 0.29) is 0 Å². The van der Waals surface area contributed by atoms with E-state index in [9.17, 15) is 0 Å². The zero-order valence-electron chi connectivity index (χ0n) is 30.9. The molecule has 57 heavy (non-hydrogen) atoms. The molecule has 2 aromatic heterocycles. The predicted molar refractivity (Wildman–Crippen MR) is 246 cm³/mol. The van der Waals surface area contributed by atoms with E-state index in [0.717, 1.165) is 10.9 Å². The van der Waals surface area contributed by atoms with Gasteiger partial charge in [-0.15, -0.1) is 11.3 Å². The molecule has 0 atom stereocenters. The zero-order chi connectivity index (χ0) is 37.5. The maximum absolute atomic E-state index is 4.73. The SMILES string of the molecule is c1ccc(-c2c3ccccc3c(-c3cccc4c3sc3cccc(-c5c6ccccc6c(-c6ccc7cccnc7c6)c6ccccc56)c34)c3ccccc23)cc1. The van der Waals surface area contributed by atoms with Crippen LogP contribution in [-0.2, 0) is 0 Å². The Kier molecular flexibility index (Phi) is 7.17. The van der Waals surface area contributed by atoms with Crippen LogP contribution in [0.2, 0.25) is 0 Å². The van der Waals surface area contributed by atoms with Crippen molar-refractivity contribution in [1.29, 1.82) is 0 Å². The van der Waals surface area contributed by atoms with Crippen molar-refractivity contribution in [3.8, 4) is 44.5 Å². The summed E-state index contributed by atoms with van der Waals surface area (Å²) in [7, 11) is 0. The highest BCUT2D eigenvalue weighted by atomic mass is 32.1. The van der Waals surface area contributed by atoms with Gasteiger partial charge >= 0.3 is 0 Å². The number of fused-ring (bicyclic) bond motifs is 8. The summed E-state index contributed by atoms with van der Waals surface area (Å²) in [6, 6.07) is 71.4. The number of rotatable bonds is 4. The average molecular weight is 740 g/mol. The molecule has 1 nitrogen and oxygen atoms in total. The first-order chi connectivity index (χ1) is 28.3. The fraction of sp³-hybridized carbons (Fsp3) is 0. The van der Waals surface area contributed by atoms with E-state index in [4.69, 9.17) is 4.98 Å². The Morgan fingerprint density at radius 1 is 0.333 bits per heavy atom. The second kappa shape index (κ2) is 12.7. The predicted octanol–water partition coefficient (Wildman–Crippen LogP) is 15.9. The molecule has 0 N–H and O–H groups in total. The maximum atomic E-state index is 4.73. The number of thiophene rings is 1. The van der Waals surface area contributed by atoms with Crippen LogP contribution in [0.4, 0.5) is 0 Å². The topological polar surface area (TPSA) is 12.9 Å². The van der Waals surface area contributed by atoms with Crippen molar-refractivity contribution in [2.45, 2.75) is 0 Å². The number of benzene rings is 10. The van der Waals surface area contributed by atoms with E-state index in [1.165, 1.54) is 108 Å². The molecule has 0 radical (unpaired) electrons. The summed E-state index contributed by atoms with van der Waals surface area (Å²) in [6.45, 7) is 0. The Bertz CT molecular complexity index is 3460. The van der Waals surface area contributed by atoms with Gasteiger partial charge in [0.2, 0.25) is 0 Å². The smallest absolute Gasteiger partial charge is 0.0708 e. The Labute approximate surface area is 333 Å². The number of hydrogen-bond donors (Lipinski definition) is 0. The fourth-order valence-electron chi connectivity index (χ4n) is 9.54. The molecule has 0 aliphatic rings. The van der Waals surface area contributed by atoms with E-state index in [0.29, 0.717) is 0 Å². The fourth-order valence-corrected chi connectivity index (χ4v) is 10.8. The summed E-state index contributed by atoms with van der Waals surface area (Å²) in [5, 5.41) is 13.8. The Balaban J connectivity index is 1.16. The van der Waals surface area contributed by atoms with Gasteiger partial charge in [0, 0.05) is 37.3 Å². The lowest BCUT2D eigenvalue weighted by atomic mass is 9.84. The number of pyridine rings is 1. The van der Waals surface area contributed by atoms with Crippen molar-refractivity contribution in [3.63, 3.8) is 0 Å². The summed E-state index contributed by atoms with van der Waals surface area (Å²) in [5.74, 6) is 0. The molecule has 0 aliphatic carbocycles. The van der Waals surface area contributed by atoms with Crippen molar-refractivity contribution in [2.75, 3.05) is 0 Å². The zero-order valence-corrected chi connectivity index (χ0v) is 31.7. The number of aromatic nitrogens is 1. The largest absolute Gasteiger partial charge is 0.256 e. The number of nitrogens with zero attached hydrogens (tertiary/aromatic N) is 1. The van der Waals surface area contributed by atoms with Crippen molar-refractivity contribution in [1.82, 2.24) is 4.98 Å². The molecule has 2 heteroatoms. The number of hydrogen-bond acceptors (Lipinski definition) is 2. The van der Waals surface area contributed by atoms with E-state index in [2.05, 4.69) is 188 Å². The first kappa shape index (κ1) is 32.1. The van der Waals surface area contributed by atoms with Gasteiger partial charge in [-0.25, -0.2) is 0 Å². The summed E-state index contributed by atoms with van der Waals surface area (Å²) in [5.41, 5.74) is 11.1. The summed E-state index contributed by atoms with van der Waals surface area (Å²) >= 11 is 1.91. The van der Waals surface area contributed by atoms with Gasteiger partial charge in [-0.3, -0.25) is 4.98 Å². The highest BCUT2D eigenvalue weighted by Crippen LogP contribution is 2.51. The Morgan fingerprint density at radius 3 is 1.44 bits per heavy atom. The van der Waals surface area contributed by atoms with Gasteiger partial charge in [0.25, 0.3) is 0 Å². The van der Waals surface area contributed by atoms with Crippen LogP contribution < -0.4 is 0 Å². The lowest BCUT2D eigenvalue weighted by molar-refractivity contribution is 1.41. The molecular formula is C55H33NS. The Hall–Kier alpha value is -7.13. The maximum Gasteiger partial charge on any atom is 0.0708 e. The van der Waals surface area contributed by atoms with Gasteiger partial charge < -0.3 is 0 Å². The normalized spacial score (nSPS) is 11.9. The molecule has 0 saturated carbocycles. The second-order valence-electron chi connectivity index (χ2n) is 14.9. The van der Waals surface area contributed by atoms with Gasteiger partial charge in [-0.2, -0.15) is 0 Å². The van der Waals surface area contributed by atoms with Gasteiger partial charge in [0.1, 0.15) is 0 Å². The van der Waals surface area contributed by atoms with Crippen LogP contribution in [0.1, 0.15) is 0 Å². The monoisotopic (exact) mass is 739 g/mol. The molecule has 2 heterocycles. The van der Waals surface area contributed by atoms with Crippen LogP contribution in [0.15, 0.2) is 200 Å². The summed E-state index contributed by atoms with van der Waals surface area (Å²) in [4.78, 5) is 4.73. The standard InChI is InChI=1S/C55H33NS/c1-2-15-35(16-3-1)50-37-18-4-10-24-43(37)53(44-25-11-5-19-38(44)50)46-27-12-28-47-54-45(26-13-29-49(54)57-55(46)47)52-41-22-8-6-20-39(41)51(40-21-7-9-23-42(40)52)36-31-30-34-17-14-32-56-48(34)33-36/h1-33H. The third kappa shape index (κ3) is 4.84. The average Bonchev–Trinajstić information content (AvgIpc) is 3.67. The minimum atomic E-state index is 1.01. The van der Waals surface area contributed by atoms with Crippen LogP contribution >= 0.6 is 11.3 Å². The van der Waals surface area contributed by atoms with E-state index >= 15 is 0 Å². The van der Waals surface area contributed by atoms with Gasteiger partial charge in [0.05, 0.1) is 5.52 Å². The molecule has 0 unspecified atom stereocenters.